The molecule has 23 heavy (non-hydrogen) atoms. The molecule has 0 saturated heterocycles. The van der Waals surface area contributed by atoms with Crippen LogP contribution in [0.2, 0.25) is 0 Å². The summed E-state index contributed by atoms with van der Waals surface area (Å²) >= 11 is 0. The lowest BCUT2D eigenvalue weighted by Crippen LogP contribution is -2.35. The van der Waals surface area contributed by atoms with Crippen LogP contribution in [-0.4, -0.2) is 49.3 Å². The molecule has 1 saturated carbocycles. The lowest BCUT2D eigenvalue weighted by atomic mass is 10.2. The van der Waals surface area contributed by atoms with Crippen LogP contribution in [0.4, 0.5) is 0 Å². The van der Waals surface area contributed by atoms with Gasteiger partial charge in [-0.2, -0.15) is 5.10 Å². The highest BCUT2D eigenvalue weighted by atomic mass is 32.2. The van der Waals surface area contributed by atoms with E-state index in [-0.39, 0.29) is 6.04 Å². The lowest BCUT2D eigenvalue weighted by molar-refractivity contribution is 0.295. The monoisotopic (exact) mass is 342 g/mol. The van der Waals surface area contributed by atoms with Crippen LogP contribution >= 0.6 is 0 Å². The minimum Gasteiger partial charge on any atom is -0.306 e. The maximum atomic E-state index is 12.8. The molecule has 2 rings (SSSR count). The van der Waals surface area contributed by atoms with Crippen molar-refractivity contribution in [3.63, 3.8) is 0 Å². The van der Waals surface area contributed by atoms with E-state index in [1.165, 1.54) is 0 Å². The second-order valence-corrected chi connectivity index (χ2v) is 8.98. The highest BCUT2D eigenvalue weighted by Gasteiger charge is 2.32. The van der Waals surface area contributed by atoms with Crippen LogP contribution in [0.1, 0.15) is 44.5 Å². The first-order valence-electron chi connectivity index (χ1n) is 8.34. The molecule has 1 heterocycles. The van der Waals surface area contributed by atoms with E-state index in [1.54, 1.807) is 6.92 Å². The van der Waals surface area contributed by atoms with Gasteiger partial charge in [-0.25, -0.2) is 13.1 Å². The average molecular weight is 343 g/mol. The van der Waals surface area contributed by atoms with Crippen molar-refractivity contribution >= 4 is 10.0 Å². The minimum atomic E-state index is -3.52. The summed E-state index contributed by atoms with van der Waals surface area (Å²) in [6.45, 7) is 8.55. The normalized spacial score (nSPS) is 22.4. The topological polar surface area (TPSA) is 67.2 Å². The van der Waals surface area contributed by atoms with Gasteiger partial charge in [-0.1, -0.05) is 13.8 Å². The number of hydrogen-bond donors (Lipinski definition) is 1. The van der Waals surface area contributed by atoms with Gasteiger partial charge in [0.1, 0.15) is 4.90 Å². The number of nitrogens with zero attached hydrogens (tertiary/aromatic N) is 3. The number of rotatable bonds is 6. The molecule has 6 nitrogen and oxygen atoms in total. The minimum absolute atomic E-state index is 0.0136. The van der Waals surface area contributed by atoms with Crippen LogP contribution in [0.15, 0.2) is 4.90 Å². The van der Waals surface area contributed by atoms with Gasteiger partial charge in [0.15, 0.2) is 0 Å². The molecule has 1 aromatic rings. The molecule has 0 unspecified atom stereocenters. The Balaban J connectivity index is 2.19. The Morgan fingerprint density at radius 3 is 2.48 bits per heavy atom. The molecular weight excluding hydrogens is 312 g/mol. The van der Waals surface area contributed by atoms with Crippen molar-refractivity contribution in [2.45, 2.75) is 70.5 Å². The van der Waals surface area contributed by atoms with Crippen LogP contribution < -0.4 is 4.72 Å². The molecule has 1 aromatic heterocycles. The summed E-state index contributed by atoms with van der Waals surface area (Å²) in [6.07, 6.45) is 2.79. The fraction of sp³-hybridized carbons (Fsp3) is 0.812. The van der Waals surface area contributed by atoms with Crippen LogP contribution in [-0.2, 0) is 16.6 Å². The molecular formula is C16H30N4O2S. The number of aromatic nitrogens is 2. The van der Waals surface area contributed by atoms with Crippen molar-refractivity contribution < 1.29 is 8.42 Å². The Morgan fingerprint density at radius 2 is 1.96 bits per heavy atom. The maximum absolute atomic E-state index is 12.8. The molecule has 7 heteroatoms. The molecule has 0 aromatic carbocycles. The van der Waals surface area contributed by atoms with Crippen LogP contribution in [0.3, 0.4) is 0 Å². The summed E-state index contributed by atoms with van der Waals surface area (Å²) in [5, 5.41) is 4.42. The summed E-state index contributed by atoms with van der Waals surface area (Å²) in [7, 11) is 0.574. The van der Waals surface area contributed by atoms with E-state index in [1.807, 2.05) is 25.7 Å². The zero-order valence-electron chi connectivity index (χ0n) is 15.1. The first-order valence-corrected chi connectivity index (χ1v) is 9.83. The van der Waals surface area contributed by atoms with E-state index in [0.29, 0.717) is 22.5 Å². The van der Waals surface area contributed by atoms with E-state index in [2.05, 4.69) is 28.6 Å². The molecule has 1 aliphatic carbocycles. The van der Waals surface area contributed by atoms with Gasteiger partial charge in [0.2, 0.25) is 10.0 Å². The zero-order chi connectivity index (χ0) is 17.4. The molecule has 1 N–H and O–H groups in total. The third-order valence-corrected chi connectivity index (χ3v) is 6.35. The van der Waals surface area contributed by atoms with E-state index in [9.17, 15) is 8.42 Å². The van der Waals surface area contributed by atoms with Crippen molar-refractivity contribution in [3.8, 4) is 0 Å². The molecule has 132 valence electrons. The third-order valence-electron chi connectivity index (χ3n) is 4.58. The van der Waals surface area contributed by atoms with E-state index in [4.69, 9.17) is 0 Å². The van der Waals surface area contributed by atoms with Gasteiger partial charge in [-0.3, -0.25) is 4.68 Å². The summed E-state index contributed by atoms with van der Waals surface area (Å²) in [5.41, 5.74) is 1.31. The Kier molecular flexibility index (Phi) is 5.53. The quantitative estimate of drug-likeness (QED) is 0.858. The molecule has 0 spiro atoms. The second kappa shape index (κ2) is 6.91. The summed E-state index contributed by atoms with van der Waals surface area (Å²) in [6, 6.07) is 0.466. The van der Waals surface area contributed by atoms with E-state index in [0.717, 1.165) is 31.5 Å². The Morgan fingerprint density at radius 1 is 1.30 bits per heavy atom. The van der Waals surface area contributed by atoms with Gasteiger partial charge >= 0.3 is 0 Å². The largest absolute Gasteiger partial charge is 0.306 e. The van der Waals surface area contributed by atoms with E-state index < -0.39 is 10.0 Å². The Bertz CT molecular complexity index is 649. The molecule has 0 bridgehead atoms. The molecule has 1 fully saturated rings. The van der Waals surface area contributed by atoms with Gasteiger partial charge in [-0.05, 0) is 53.1 Å². The summed E-state index contributed by atoms with van der Waals surface area (Å²) < 4.78 is 30.4. The van der Waals surface area contributed by atoms with Crippen molar-refractivity contribution in [2.75, 3.05) is 14.1 Å². The van der Waals surface area contributed by atoms with Gasteiger partial charge in [0, 0.05) is 18.6 Å². The van der Waals surface area contributed by atoms with Gasteiger partial charge < -0.3 is 4.90 Å². The highest BCUT2D eigenvalue weighted by Crippen LogP contribution is 2.26. The number of nitrogens with one attached hydrogen (secondary N) is 1. The standard InChI is InChI=1S/C16H30N4O2S/c1-11(2)10-20-13(4)16(12(3)17-20)23(21,22)18-14-7-8-15(9-14)19(5)6/h11,14-15,18H,7-10H2,1-6H3/t14-,15+/m1/s1. The Labute approximate surface area is 140 Å². The lowest BCUT2D eigenvalue weighted by Gasteiger charge is -2.19. The highest BCUT2D eigenvalue weighted by molar-refractivity contribution is 7.89. The Hall–Kier alpha value is -0.920. The van der Waals surface area contributed by atoms with Gasteiger partial charge in [-0.15, -0.1) is 0 Å². The van der Waals surface area contributed by atoms with Crippen molar-refractivity contribution in [1.82, 2.24) is 19.4 Å². The van der Waals surface area contributed by atoms with Crippen molar-refractivity contribution in [3.05, 3.63) is 11.4 Å². The fourth-order valence-corrected chi connectivity index (χ4v) is 5.10. The van der Waals surface area contributed by atoms with Crippen LogP contribution in [0.25, 0.3) is 0 Å². The molecule has 0 aliphatic heterocycles. The molecule has 0 radical (unpaired) electrons. The van der Waals surface area contributed by atoms with Gasteiger partial charge in [0.05, 0.1) is 11.4 Å². The smallest absolute Gasteiger partial charge is 0.244 e. The first kappa shape index (κ1) is 18.4. The van der Waals surface area contributed by atoms with Gasteiger partial charge in [0.25, 0.3) is 0 Å². The van der Waals surface area contributed by atoms with E-state index >= 15 is 0 Å². The van der Waals surface area contributed by atoms with Crippen LogP contribution in [0.5, 0.6) is 0 Å². The number of hydrogen-bond acceptors (Lipinski definition) is 4. The predicted octanol–water partition coefficient (Wildman–Crippen LogP) is 1.92. The summed E-state index contributed by atoms with van der Waals surface area (Å²) in [5.74, 6) is 0.423. The average Bonchev–Trinajstić information content (AvgIpc) is 2.94. The van der Waals surface area contributed by atoms with Crippen molar-refractivity contribution in [2.24, 2.45) is 5.92 Å². The third kappa shape index (κ3) is 4.14. The molecule has 2 atom stereocenters. The molecule has 0 amide bonds. The number of aryl methyl sites for hydroxylation is 1. The number of sulfonamides is 1. The summed E-state index contributed by atoms with van der Waals surface area (Å²) in [4.78, 5) is 2.53. The first-order chi connectivity index (χ1) is 10.6. The SMILES string of the molecule is Cc1nn(CC(C)C)c(C)c1S(=O)(=O)N[C@@H]1CC[C@H](N(C)C)C1. The maximum Gasteiger partial charge on any atom is 0.244 e. The fourth-order valence-electron chi connectivity index (χ4n) is 3.41. The molecule has 1 aliphatic rings. The zero-order valence-corrected chi connectivity index (χ0v) is 15.9. The second-order valence-electron chi connectivity index (χ2n) is 7.32. The predicted molar refractivity (Wildman–Crippen MR) is 92.0 cm³/mol. The van der Waals surface area contributed by atoms with Crippen molar-refractivity contribution in [1.29, 1.82) is 0 Å². The van der Waals surface area contributed by atoms with Crippen LogP contribution in [0, 0.1) is 19.8 Å².